The number of amidine groups is 1. The summed E-state index contributed by atoms with van der Waals surface area (Å²) < 4.78 is 16.1. The Kier molecular flexibility index (Phi) is 18.7. The van der Waals surface area contributed by atoms with Gasteiger partial charge in [0, 0.05) is 50.7 Å². The van der Waals surface area contributed by atoms with Crippen LogP contribution in [-0.4, -0.2) is 102 Å². The van der Waals surface area contributed by atoms with Crippen molar-refractivity contribution >= 4 is 46.5 Å². The molecule has 1 unspecified atom stereocenters. The highest BCUT2D eigenvalue weighted by molar-refractivity contribution is 6.42. The van der Waals surface area contributed by atoms with Crippen LogP contribution in [-0.2, 0) is 23.8 Å². The van der Waals surface area contributed by atoms with Crippen molar-refractivity contribution in [2.45, 2.75) is 19.8 Å². The van der Waals surface area contributed by atoms with E-state index in [9.17, 15) is 9.59 Å². The van der Waals surface area contributed by atoms with Gasteiger partial charge in [-0.05, 0) is 31.7 Å². The van der Waals surface area contributed by atoms with Crippen LogP contribution in [0.2, 0.25) is 10.0 Å². The quantitative estimate of drug-likeness (QED) is 0.0973. The van der Waals surface area contributed by atoms with Crippen LogP contribution in [0.5, 0.6) is 0 Å². The van der Waals surface area contributed by atoms with Crippen molar-refractivity contribution in [3.8, 4) is 0 Å². The molecule has 0 aliphatic carbocycles. The molecule has 38 heavy (non-hydrogen) atoms. The third-order valence-electron chi connectivity index (χ3n) is 5.28. The number of halogens is 2. The zero-order valence-electron chi connectivity index (χ0n) is 22.3. The van der Waals surface area contributed by atoms with E-state index in [1.54, 1.807) is 18.2 Å². The van der Waals surface area contributed by atoms with Gasteiger partial charge in [-0.15, -0.1) is 0 Å². The summed E-state index contributed by atoms with van der Waals surface area (Å²) in [6, 6.07) is 5.22. The van der Waals surface area contributed by atoms with Crippen molar-refractivity contribution in [1.29, 1.82) is 0 Å². The maximum Gasteiger partial charge on any atom is 0.247 e. The van der Waals surface area contributed by atoms with E-state index in [0.29, 0.717) is 69.1 Å². The molecule has 6 N–H and O–H groups in total. The summed E-state index contributed by atoms with van der Waals surface area (Å²) in [5, 5.41) is 6.82. The van der Waals surface area contributed by atoms with Gasteiger partial charge < -0.3 is 41.2 Å². The van der Waals surface area contributed by atoms with Crippen LogP contribution in [0.3, 0.4) is 0 Å². The average Bonchev–Trinajstić information content (AvgIpc) is 2.89. The molecule has 0 saturated heterocycles. The minimum absolute atomic E-state index is 0.0653. The number of rotatable bonds is 21. The number of benzene rings is 1. The molecular weight excluding hydrogens is 535 g/mol. The Morgan fingerprint density at radius 3 is 2.42 bits per heavy atom. The van der Waals surface area contributed by atoms with Crippen molar-refractivity contribution < 1.29 is 23.8 Å². The second-order valence-electron chi connectivity index (χ2n) is 8.66. The van der Waals surface area contributed by atoms with Crippen LogP contribution in [0.4, 0.5) is 5.69 Å². The van der Waals surface area contributed by atoms with E-state index in [1.165, 1.54) is 0 Å². The molecule has 0 aliphatic rings. The molecule has 0 fully saturated rings. The second-order valence-corrected chi connectivity index (χ2v) is 9.48. The number of ether oxygens (including phenoxy) is 3. The summed E-state index contributed by atoms with van der Waals surface area (Å²) in [5.41, 5.74) is 12.1. The first-order valence-electron chi connectivity index (χ1n) is 12.7. The van der Waals surface area contributed by atoms with Gasteiger partial charge in [0.05, 0.1) is 43.1 Å². The molecule has 0 radical (unpaired) electrons. The fourth-order valence-corrected chi connectivity index (χ4v) is 3.23. The van der Waals surface area contributed by atoms with Crippen molar-refractivity contribution in [2.75, 3.05) is 84.7 Å². The third-order valence-corrected chi connectivity index (χ3v) is 6.02. The monoisotopic (exact) mass is 576 g/mol. The van der Waals surface area contributed by atoms with E-state index in [2.05, 4.69) is 20.5 Å². The normalized spacial score (nSPS) is 12.5. The molecule has 0 saturated carbocycles. The molecule has 216 valence electrons. The molecule has 1 aromatic rings. The van der Waals surface area contributed by atoms with Crippen LogP contribution in [0.15, 0.2) is 23.2 Å². The Morgan fingerprint density at radius 1 is 1.05 bits per heavy atom. The fourth-order valence-electron chi connectivity index (χ4n) is 2.93. The number of carbonyl (C=O) groups is 2. The summed E-state index contributed by atoms with van der Waals surface area (Å²) in [6.07, 6.45) is 0.626. The molecule has 0 aliphatic heterocycles. The lowest BCUT2D eigenvalue weighted by Crippen LogP contribution is -2.30. The lowest BCUT2D eigenvalue weighted by Gasteiger charge is -2.16. The Balaban J connectivity index is 2.06. The van der Waals surface area contributed by atoms with Crippen molar-refractivity contribution in [3.05, 3.63) is 28.2 Å². The summed E-state index contributed by atoms with van der Waals surface area (Å²) >= 11 is 11.9. The number of carbonyl (C=O) groups excluding carboxylic acids is 2. The minimum atomic E-state index is -0.333. The Morgan fingerprint density at radius 2 is 1.74 bits per heavy atom. The van der Waals surface area contributed by atoms with Crippen LogP contribution in [0, 0.1) is 5.92 Å². The third kappa shape index (κ3) is 16.8. The van der Waals surface area contributed by atoms with Gasteiger partial charge in [0.25, 0.3) is 0 Å². The van der Waals surface area contributed by atoms with E-state index in [4.69, 9.17) is 48.9 Å². The molecule has 13 heteroatoms. The summed E-state index contributed by atoms with van der Waals surface area (Å²) in [4.78, 5) is 30.0. The molecule has 1 aromatic carbocycles. The van der Waals surface area contributed by atoms with Crippen LogP contribution in [0.1, 0.15) is 19.8 Å². The van der Waals surface area contributed by atoms with Gasteiger partial charge in [-0.25, -0.2) is 4.99 Å². The number of hydrogen-bond acceptors (Lipinski definition) is 8. The van der Waals surface area contributed by atoms with Crippen LogP contribution >= 0.6 is 23.2 Å². The number of nitrogens with zero attached hydrogens (tertiary/aromatic N) is 2. The number of nitrogens with two attached hydrogens (primary N) is 2. The van der Waals surface area contributed by atoms with E-state index < -0.39 is 0 Å². The number of aliphatic imine (C=N–C) groups is 1. The highest BCUT2D eigenvalue weighted by atomic mass is 35.5. The summed E-state index contributed by atoms with van der Waals surface area (Å²) in [6.45, 7) is 7.22. The topological polar surface area (TPSA) is 154 Å². The number of hydrogen-bond donors (Lipinski definition) is 4. The second kappa shape index (κ2) is 20.9. The maximum atomic E-state index is 12.1. The molecule has 0 heterocycles. The van der Waals surface area contributed by atoms with E-state index in [0.717, 1.165) is 18.8 Å². The largest absolute Gasteiger partial charge is 0.387 e. The Hall–Kier alpha value is -1.99. The highest BCUT2D eigenvalue weighted by Crippen LogP contribution is 2.25. The zero-order chi connectivity index (χ0) is 28.2. The first-order valence-corrected chi connectivity index (χ1v) is 13.4. The molecule has 2 amide bonds. The predicted molar refractivity (Wildman–Crippen MR) is 152 cm³/mol. The first kappa shape index (κ1) is 34.0. The van der Waals surface area contributed by atoms with Gasteiger partial charge in [0.15, 0.2) is 0 Å². The lowest BCUT2D eigenvalue weighted by molar-refractivity contribution is -0.126. The van der Waals surface area contributed by atoms with Gasteiger partial charge in [0.1, 0.15) is 12.4 Å². The number of amides is 2. The molecular formula is C25H42Cl2N6O5. The predicted octanol–water partition coefficient (Wildman–Crippen LogP) is 1.76. The number of likely N-dealkylation sites (N-methyl/N-ethyl adjacent to an activating group) is 1. The SMILES string of the molecule is CC(CNc1ccc(Cl)c(Cl)c1)C(N)=NC(=O)CCCNC(=O)COCCOCCN(C)CCOCCN. The van der Waals surface area contributed by atoms with Gasteiger partial charge in [-0.1, -0.05) is 30.1 Å². The van der Waals surface area contributed by atoms with Gasteiger partial charge in [0.2, 0.25) is 11.8 Å². The number of anilines is 1. The Bertz CT molecular complexity index is 862. The van der Waals surface area contributed by atoms with Crippen molar-refractivity contribution in [2.24, 2.45) is 22.4 Å². The van der Waals surface area contributed by atoms with Crippen LogP contribution < -0.4 is 22.1 Å². The zero-order valence-corrected chi connectivity index (χ0v) is 23.9. The van der Waals surface area contributed by atoms with Gasteiger partial charge in [-0.2, -0.15) is 0 Å². The van der Waals surface area contributed by atoms with Gasteiger partial charge in [-0.3, -0.25) is 9.59 Å². The molecule has 0 aromatic heterocycles. The molecule has 11 nitrogen and oxygen atoms in total. The molecule has 1 rings (SSSR count). The first-order chi connectivity index (χ1) is 18.2. The van der Waals surface area contributed by atoms with E-state index in [1.807, 2.05) is 14.0 Å². The molecule has 0 bridgehead atoms. The lowest BCUT2D eigenvalue weighted by atomic mass is 10.1. The average molecular weight is 578 g/mol. The van der Waals surface area contributed by atoms with Crippen molar-refractivity contribution in [1.82, 2.24) is 10.2 Å². The van der Waals surface area contributed by atoms with Gasteiger partial charge >= 0.3 is 0 Å². The highest BCUT2D eigenvalue weighted by Gasteiger charge is 2.10. The standard InChI is InChI=1S/C25H42Cl2N6O5/c1-19(17-31-20-5-6-21(26)22(27)16-20)25(29)32-23(34)4-3-8-30-24(35)18-38-15-14-37-13-10-33(2)9-12-36-11-7-28/h5-6,16,19,31H,3-4,7-15,17-18,28H2,1-2H3,(H,30,35)(H2,29,32,34). The van der Waals surface area contributed by atoms with E-state index >= 15 is 0 Å². The van der Waals surface area contributed by atoms with Crippen molar-refractivity contribution in [3.63, 3.8) is 0 Å². The summed E-state index contributed by atoms with van der Waals surface area (Å²) in [5.74, 6) is -0.512. The smallest absolute Gasteiger partial charge is 0.247 e. The Labute approximate surface area is 235 Å². The summed E-state index contributed by atoms with van der Waals surface area (Å²) in [7, 11) is 1.99. The maximum absolute atomic E-state index is 12.1. The molecule has 1 atom stereocenters. The van der Waals surface area contributed by atoms with Crippen LogP contribution in [0.25, 0.3) is 0 Å². The van der Waals surface area contributed by atoms with E-state index in [-0.39, 0.29) is 36.6 Å². The molecule has 0 spiro atoms. The number of nitrogens with one attached hydrogen (secondary N) is 2. The minimum Gasteiger partial charge on any atom is -0.387 e. The fraction of sp³-hybridized carbons (Fsp3) is 0.640.